The van der Waals surface area contributed by atoms with Gasteiger partial charge in [0.25, 0.3) is 17.9 Å². The van der Waals surface area contributed by atoms with Gasteiger partial charge in [-0.3, -0.25) is 28.2 Å². The van der Waals surface area contributed by atoms with Crippen LogP contribution in [0.25, 0.3) is 27.5 Å². The summed E-state index contributed by atoms with van der Waals surface area (Å²) in [6.45, 7) is -2.93. The largest absolute Gasteiger partial charge is 0.408 e. The molecule has 0 bridgehead atoms. The Bertz CT molecular complexity index is 2940. The molecule has 3 aromatic carbocycles. The van der Waals surface area contributed by atoms with Crippen molar-refractivity contribution in [3.63, 3.8) is 0 Å². The molecule has 2 aliphatic rings. The predicted molar refractivity (Wildman–Crippen MR) is 201 cm³/mol. The second-order valence-corrected chi connectivity index (χ2v) is 17.4. The molecule has 2 aliphatic carbocycles. The Labute approximate surface area is 344 Å². The fourth-order valence-corrected chi connectivity index (χ4v) is 8.83. The fourth-order valence-electron chi connectivity index (χ4n) is 7.74. The molecule has 316 valence electrons. The maximum atomic E-state index is 15.4. The van der Waals surface area contributed by atoms with Crippen LogP contribution < -0.4 is 15.6 Å². The monoisotopic (exact) mass is 950 g/mol. The molecule has 3 atom stereocenters. The van der Waals surface area contributed by atoms with Crippen LogP contribution in [0.4, 0.5) is 45.3 Å². The van der Waals surface area contributed by atoms with Crippen LogP contribution in [-0.4, -0.2) is 55.9 Å². The minimum absolute atomic E-state index is 0.0587. The summed E-state index contributed by atoms with van der Waals surface area (Å²) in [7, 11) is -4.21. The number of rotatable bonds is 11. The second kappa shape index (κ2) is 14.5. The summed E-state index contributed by atoms with van der Waals surface area (Å²) in [5, 5.41) is 9.12. The number of aromatic nitrogens is 6. The number of sulfonamides is 1. The number of fused-ring (bicyclic) bond motifs is 5. The van der Waals surface area contributed by atoms with Gasteiger partial charge in [-0.2, -0.15) is 32.1 Å². The van der Waals surface area contributed by atoms with Crippen molar-refractivity contribution in [1.82, 2.24) is 34.4 Å². The van der Waals surface area contributed by atoms with Gasteiger partial charge in [-0.1, -0.05) is 27.5 Å². The van der Waals surface area contributed by atoms with Gasteiger partial charge < -0.3 is 5.32 Å². The van der Waals surface area contributed by atoms with E-state index in [1.54, 1.807) is 0 Å². The lowest BCUT2D eigenvalue weighted by Crippen LogP contribution is -2.38. The number of benzene rings is 3. The van der Waals surface area contributed by atoms with Crippen molar-refractivity contribution in [2.45, 2.75) is 56.4 Å². The zero-order valence-electron chi connectivity index (χ0n) is 30.1. The summed E-state index contributed by atoms with van der Waals surface area (Å²) >= 11 is 9.72. The van der Waals surface area contributed by atoms with Gasteiger partial charge in [-0.25, -0.2) is 31.0 Å². The quantitative estimate of drug-likeness (QED) is 0.126. The van der Waals surface area contributed by atoms with Crippen molar-refractivity contribution >= 4 is 71.1 Å². The molecular weight excluding hydrogens is 927 g/mol. The van der Waals surface area contributed by atoms with Crippen LogP contribution in [0.2, 0.25) is 5.02 Å². The number of nitrogens with one attached hydrogen (secondary N) is 2. The Morgan fingerprint density at radius 1 is 1.05 bits per heavy atom. The Morgan fingerprint density at radius 3 is 2.40 bits per heavy atom. The Hall–Kier alpha value is -5.16. The van der Waals surface area contributed by atoms with Crippen LogP contribution in [0.5, 0.6) is 0 Å². The molecule has 0 spiro atoms. The number of halogens is 11. The summed E-state index contributed by atoms with van der Waals surface area (Å²) < 4.78 is 159. The Balaban J connectivity index is 1.35. The van der Waals surface area contributed by atoms with E-state index in [9.17, 15) is 48.7 Å². The summed E-state index contributed by atoms with van der Waals surface area (Å²) in [6, 6.07) is 6.90. The SMILES string of the molecule is CS(=O)(=O)Nc1nn(CC(F)(F)F)c2c(-n3c([C@H](Cc4cc(F)cc(F)c4)NC(=O)Cn4nc(C(F)F)c5c4C(F)(F)[C@@H]4C[C@H]54)nc4cc(Br)ccc4c3=O)ccc(Cl)c12. The molecule has 2 N–H and O–H groups in total. The Morgan fingerprint density at radius 2 is 1.75 bits per heavy atom. The van der Waals surface area contributed by atoms with E-state index in [1.165, 1.54) is 18.2 Å². The van der Waals surface area contributed by atoms with Gasteiger partial charge in [0.2, 0.25) is 15.9 Å². The van der Waals surface area contributed by atoms with Gasteiger partial charge in [0.15, 0.2) is 5.82 Å². The zero-order valence-corrected chi connectivity index (χ0v) is 33.3. The third-order valence-electron chi connectivity index (χ3n) is 10.0. The standard InChI is InChI=1S/C36H25BrClF9N8O4S/c1-60(58,59)52-32-27-21(38)4-5-24(29(27)54(51-32)13-35(43,44)45)55-33(49-22-9-15(37)2-3-18(22)34(55)57)23(8-14-6-16(39)10-17(40)7-14)48-25(56)12-53-30-26(28(50-53)31(41)42)19-11-20(19)36(30,46)47/h2-7,9-10,19-20,23,31H,8,11-13H2,1H3,(H,48,56)(H,51,52)/t19-,20+,23-/m0/s1. The molecule has 8 rings (SSSR count). The highest BCUT2D eigenvalue weighted by Gasteiger charge is 2.67. The zero-order chi connectivity index (χ0) is 43.4. The van der Waals surface area contributed by atoms with Crippen LogP contribution >= 0.6 is 27.5 Å². The van der Waals surface area contributed by atoms with Gasteiger partial charge in [0, 0.05) is 28.4 Å². The smallest absolute Gasteiger partial charge is 0.344 e. The van der Waals surface area contributed by atoms with Crippen molar-refractivity contribution in [1.29, 1.82) is 0 Å². The number of alkyl halides is 7. The minimum Gasteiger partial charge on any atom is -0.344 e. The van der Waals surface area contributed by atoms with Crippen molar-refractivity contribution in [2.24, 2.45) is 5.92 Å². The third kappa shape index (κ3) is 7.58. The topological polar surface area (TPSA) is 146 Å². The van der Waals surface area contributed by atoms with Crippen molar-refractivity contribution in [3.05, 3.63) is 108 Å². The highest BCUT2D eigenvalue weighted by Crippen LogP contribution is 2.68. The van der Waals surface area contributed by atoms with Gasteiger partial charge in [-0.15, -0.1) is 0 Å². The summed E-state index contributed by atoms with van der Waals surface area (Å²) in [6.07, 6.45) is -8.23. The average molecular weight is 952 g/mol. The molecule has 60 heavy (non-hydrogen) atoms. The lowest BCUT2D eigenvalue weighted by atomic mass is 10.0. The molecule has 0 unspecified atom stereocenters. The van der Waals surface area contributed by atoms with E-state index in [4.69, 9.17) is 11.6 Å². The summed E-state index contributed by atoms with van der Waals surface area (Å²) in [5.74, 6) is -10.3. The van der Waals surface area contributed by atoms with E-state index in [0.717, 1.165) is 28.8 Å². The first kappa shape index (κ1) is 41.6. The normalized spacial score (nSPS) is 17.6. The van der Waals surface area contributed by atoms with Crippen LogP contribution in [0.15, 0.2) is 57.8 Å². The molecule has 3 aromatic heterocycles. The number of amides is 1. The lowest BCUT2D eigenvalue weighted by Gasteiger charge is -2.24. The van der Waals surface area contributed by atoms with E-state index >= 15 is 8.78 Å². The van der Waals surface area contributed by atoms with E-state index in [-0.39, 0.29) is 33.5 Å². The number of hydrogen-bond donors (Lipinski definition) is 2. The first-order chi connectivity index (χ1) is 28.0. The maximum absolute atomic E-state index is 15.4. The highest BCUT2D eigenvalue weighted by atomic mass is 79.9. The van der Waals surface area contributed by atoms with Crippen LogP contribution in [0.3, 0.4) is 0 Å². The molecule has 1 saturated carbocycles. The minimum atomic E-state index is -4.99. The fraction of sp³-hybridized carbons (Fsp3) is 0.306. The molecule has 1 fully saturated rings. The van der Waals surface area contributed by atoms with Crippen molar-refractivity contribution < 1.29 is 52.7 Å². The van der Waals surface area contributed by atoms with Gasteiger partial charge >= 0.3 is 6.18 Å². The number of nitrogens with zero attached hydrogens (tertiary/aromatic N) is 6. The molecule has 24 heteroatoms. The maximum Gasteiger partial charge on any atom is 0.408 e. The molecular formula is C36H25BrClF9N8O4S. The van der Waals surface area contributed by atoms with Gasteiger partial charge in [0.05, 0.1) is 44.8 Å². The summed E-state index contributed by atoms with van der Waals surface area (Å²) in [4.78, 5) is 33.2. The molecule has 0 saturated heterocycles. The van der Waals surface area contributed by atoms with Crippen LogP contribution in [0.1, 0.15) is 53.1 Å². The molecule has 1 amide bonds. The summed E-state index contributed by atoms with van der Waals surface area (Å²) in [5.41, 5.74) is -4.37. The van der Waals surface area contributed by atoms with Crippen LogP contribution in [0, 0.1) is 17.6 Å². The molecule has 0 radical (unpaired) electrons. The number of carbonyl (C=O) groups is 1. The predicted octanol–water partition coefficient (Wildman–Crippen LogP) is 7.81. The lowest BCUT2D eigenvalue weighted by molar-refractivity contribution is -0.141. The second-order valence-electron chi connectivity index (χ2n) is 14.3. The van der Waals surface area contributed by atoms with Gasteiger partial charge in [0.1, 0.15) is 41.9 Å². The van der Waals surface area contributed by atoms with E-state index < -0.39 is 129 Å². The third-order valence-corrected chi connectivity index (χ3v) is 11.4. The average Bonchev–Trinajstić information content (AvgIpc) is 3.64. The molecule has 3 heterocycles. The molecule has 0 aliphatic heterocycles. The van der Waals surface area contributed by atoms with E-state index in [0.29, 0.717) is 26.2 Å². The number of hydrogen-bond acceptors (Lipinski definition) is 7. The van der Waals surface area contributed by atoms with Crippen molar-refractivity contribution in [2.75, 3.05) is 11.0 Å². The number of anilines is 1. The molecule has 6 aromatic rings. The van der Waals surface area contributed by atoms with Crippen LogP contribution in [-0.2, 0) is 40.3 Å². The van der Waals surface area contributed by atoms with Gasteiger partial charge in [-0.05, 0) is 60.4 Å². The van der Waals surface area contributed by atoms with E-state index in [2.05, 4.69) is 36.4 Å². The molecule has 12 nitrogen and oxygen atoms in total. The van der Waals surface area contributed by atoms with Crippen molar-refractivity contribution in [3.8, 4) is 5.69 Å². The number of carbonyl (C=O) groups excluding carboxylic acids is 1. The first-order valence-electron chi connectivity index (χ1n) is 17.5. The highest BCUT2D eigenvalue weighted by molar-refractivity contribution is 9.10. The Kier molecular flexibility index (Phi) is 10.0. The first-order valence-corrected chi connectivity index (χ1v) is 20.5. The van der Waals surface area contributed by atoms with E-state index in [1.807, 2.05) is 4.72 Å².